The van der Waals surface area contributed by atoms with Gasteiger partial charge in [-0.3, -0.25) is 0 Å². The summed E-state index contributed by atoms with van der Waals surface area (Å²) in [6.07, 6.45) is 10.8. The van der Waals surface area contributed by atoms with E-state index in [1.165, 1.54) is 32.1 Å². The molecule has 3 rings (SSSR count). The molecule has 0 atom stereocenters. The zero-order valence-electron chi connectivity index (χ0n) is 11.9. The van der Waals surface area contributed by atoms with Crippen molar-refractivity contribution in [3.8, 4) is 0 Å². The molecule has 3 aliphatic rings. The predicted molar refractivity (Wildman–Crippen MR) is 73.7 cm³/mol. The van der Waals surface area contributed by atoms with Crippen LogP contribution in [0.25, 0.3) is 0 Å². The number of aliphatic hydroxyl groups excluding tert-OH is 1. The van der Waals surface area contributed by atoms with Crippen LogP contribution < -0.4 is 0 Å². The summed E-state index contributed by atoms with van der Waals surface area (Å²) in [6, 6.07) is 0. The second-order valence-electron chi connectivity index (χ2n) is 6.76. The Morgan fingerprint density at radius 3 is 1.89 bits per heavy atom. The first-order chi connectivity index (χ1) is 9.33. The highest BCUT2D eigenvalue weighted by Gasteiger charge is 2.34. The van der Waals surface area contributed by atoms with Crippen LogP contribution in [0, 0.1) is 17.8 Å². The maximum atomic E-state index is 9.56. The molecule has 0 bridgehead atoms. The van der Waals surface area contributed by atoms with Crippen molar-refractivity contribution in [3.05, 3.63) is 0 Å². The van der Waals surface area contributed by atoms with Crippen LogP contribution in [-0.4, -0.2) is 30.7 Å². The van der Waals surface area contributed by atoms with Gasteiger partial charge in [-0.05, 0) is 31.6 Å². The second kappa shape index (κ2) is 6.55. The van der Waals surface area contributed by atoms with E-state index in [0.29, 0.717) is 11.8 Å². The molecule has 1 aliphatic heterocycles. The predicted octanol–water partition coefficient (Wildman–Crippen LogP) is 3.11. The molecule has 1 heterocycles. The quantitative estimate of drug-likeness (QED) is 0.836. The first-order valence-corrected chi connectivity index (χ1v) is 8.24. The van der Waals surface area contributed by atoms with Crippen LogP contribution in [0.3, 0.4) is 0 Å². The number of rotatable bonds is 2. The Morgan fingerprint density at radius 1 is 0.632 bits per heavy atom. The monoisotopic (exact) mass is 268 g/mol. The molecule has 3 fully saturated rings. The number of ether oxygens (including phenoxy) is 2. The van der Waals surface area contributed by atoms with Crippen molar-refractivity contribution in [2.75, 3.05) is 13.2 Å². The Balaban J connectivity index is 1.44. The van der Waals surface area contributed by atoms with E-state index in [0.717, 1.165) is 44.8 Å². The summed E-state index contributed by atoms with van der Waals surface area (Å²) in [5.41, 5.74) is 0. The second-order valence-corrected chi connectivity index (χ2v) is 6.76. The van der Waals surface area contributed by atoms with Crippen molar-refractivity contribution in [2.45, 2.75) is 70.2 Å². The average molecular weight is 268 g/mol. The van der Waals surface area contributed by atoms with Gasteiger partial charge < -0.3 is 14.6 Å². The summed E-state index contributed by atoms with van der Waals surface area (Å²) in [4.78, 5) is 0. The highest BCUT2D eigenvalue weighted by atomic mass is 16.7. The summed E-state index contributed by atoms with van der Waals surface area (Å²) in [5, 5.41) is 9.56. The van der Waals surface area contributed by atoms with Gasteiger partial charge in [-0.2, -0.15) is 0 Å². The van der Waals surface area contributed by atoms with Gasteiger partial charge in [0.05, 0.1) is 19.3 Å². The number of hydrogen-bond acceptors (Lipinski definition) is 3. The van der Waals surface area contributed by atoms with Crippen LogP contribution in [0.4, 0.5) is 0 Å². The van der Waals surface area contributed by atoms with Gasteiger partial charge in [0.25, 0.3) is 0 Å². The third kappa shape index (κ3) is 3.50. The molecule has 0 spiro atoms. The lowest BCUT2D eigenvalue weighted by Gasteiger charge is -2.39. The van der Waals surface area contributed by atoms with Crippen molar-refractivity contribution in [2.24, 2.45) is 17.8 Å². The summed E-state index contributed by atoms with van der Waals surface area (Å²) in [6.45, 7) is 1.79. The van der Waals surface area contributed by atoms with Gasteiger partial charge >= 0.3 is 0 Å². The Kier molecular flexibility index (Phi) is 4.78. The van der Waals surface area contributed by atoms with Crippen LogP contribution in [0.2, 0.25) is 0 Å². The fraction of sp³-hybridized carbons (Fsp3) is 1.00. The number of aliphatic hydroxyl groups is 1. The van der Waals surface area contributed by atoms with Gasteiger partial charge in [-0.15, -0.1) is 0 Å². The lowest BCUT2D eigenvalue weighted by molar-refractivity contribution is -0.237. The highest BCUT2D eigenvalue weighted by molar-refractivity contribution is 4.79. The van der Waals surface area contributed by atoms with Crippen molar-refractivity contribution in [1.29, 1.82) is 0 Å². The molecule has 1 N–H and O–H groups in total. The van der Waals surface area contributed by atoms with Gasteiger partial charge in [-0.25, -0.2) is 0 Å². The summed E-state index contributed by atoms with van der Waals surface area (Å²) in [7, 11) is 0. The SMILES string of the molecule is OC1CCC(C2OCC(C3CCCCC3)CO2)CC1. The fourth-order valence-corrected chi connectivity index (χ4v) is 4.06. The standard InChI is InChI=1S/C16H28O3/c17-15-8-6-13(7-9-15)16-18-10-14(11-19-16)12-4-2-1-3-5-12/h12-17H,1-11H2. The first-order valence-electron chi connectivity index (χ1n) is 8.24. The smallest absolute Gasteiger partial charge is 0.160 e. The maximum Gasteiger partial charge on any atom is 0.160 e. The topological polar surface area (TPSA) is 38.7 Å². The molecule has 0 radical (unpaired) electrons. The van der Waals surface area contributed by atoms with Crippen LogP contribution in [0.15, 0.2) is 0 Å². The molecule has 110 valence electrons. The fourth-order valence-electron chi connectivity index (χ4n) is 4.06. The Hall–Kier alpha value is -0.120. The van der Waals surface area contributed by atoms with E-state index in [2.05, 4.69) is 0 Å². The molecule has 0 aromatic carbocycles. The van der Waals surface area contributed by atoms with Gasteiger partial charge in [0.2, 0.25) is 0 Å². The van der Waals surface area contributed by atoms with E-state index < -0.39 is 0 Å². The molecule has 3 heteroatoms. The molecule has 0 aromatic rings. The first kappa shape index (κ1) is 13.8. The van der Waals surface area contributed by atoms with Crippen LogP contribution in [0.1, 0.15) is 57.8 Å². The molecule has 0 aromatic heterocycles. The van der Waals surface area contributed by atoms with Gasteiger partial charge in [0.15, 0.2) is 6.29 Å². The van der Waals surface area contributed by atoms with Crippen LogP contribution in [-0.2, 0) is 9.47 Å². The molecule has 1 saturated heterocycles. The summed E-state index contributed by atoms with van der Waals surface area (Å²) < 4.78 is 12.0. The van der Waals surface area contributed by atoms with E-state index in [1.54, 1.807) is 0 Å². The molecule has 19 heavy (non-hydrogen) atoms. The van der Waals surface area contributed by atoms with Crippen molar-refractivity contribution in [3.63, 3.8) is 0 Å². The minimum atomic E-state index is -0.0881. The zero-order valence-corrected chi connectivity index (χ0v) is 11.9. The third-order valence-electron chi connectivity index (χ3n) is 5.39. The van der Waals surface area contributed by atoms with Gasteiger partial charge in [0.1, 0.15) is 0 Å². The van der Waals surface area contributed by atoms with Crippen molar-refractivity contribution >= 4 is 0 Å². The van der Waals surface area contributed by atoms with E-state index in [4.69, 9.17) is 9.47 Å². The van der Waals surface area contributed by atoms with Crippen LogP contribution >= 0.6 is 0 Å². The summed E-state index contributed by atoms with van der Waals surface area (Å²) >= 11 is 0. The molecule has 0 unspecified atom stereocenters. The third-order valence-corrected chi connectivity index (χ3v) is 5.39. The lowest BCUT2D eigenvalue weighted by atomic mass is 9.80. The Bertz CT molecular complexity index is 259. The van der Waals surface area contributed by atoms with Crippen molar-refractivity contribution in [1.82, 2.24) is 0 Å². The molecule has 3 nitrogen and oxygen atoms in total. The molecular formula is C16H28O3. The normalized spacial score (nSPS) is 42.2. The average Bonchev–Trinajstić information content (AvgIpc) is 2.49. The highest BCUT2D eigenvalue weighted by Crippen LogP contribution is 2.35. The van der Waals surface area contributed by atoms with E-state index in [-0.39, 0.29) is 12.4 Å². The summed E-state index contributed by atoms with van der Waals surface area (Å²) in [5.74, 6) is 1.98. The largest absolute Gasteiger partial charge is 0.393 e. The van der Waals surface area contributed by atoms with E-state index in [9.17, 15) is 5.11 Å². The lowest BCUT2D eigenvalue weighted by Crippen LogP contribution is -2.41. The maximum absolute atomic E-state index is 9.56. The molecular weight excluding hydrogens is 240 g/mol. The van der Waals surface area contributed by atoms with Gasteiger partial charge in [0, 0.05) is 11.8 Å². The minimum absolute atomic E-state index is 0.00680. The molecule has 2 saturated carbocycles. The van der Waals surface area contributed by atoms with E-state index >= 15 is 0 Å². The molecule has 0 amide bonds. The van der Waals surface area contributed by atoms with Crippen LogP contribution in [0.5, 0.6) is 0 Å². The molecule has 2 aliphatic carbocycles. The number of hydrogen-bond donors (Lipinski definition) is 1. The Labute approximate surface area is 116 Å². The zero-order chi connectivity index (χ0) is 13.1. The van der Waals surface area contributed by atoms with Crippen molar-refractivity contribution < 1.29 is 14.6 Å². The van der Waals surface area contributed by atoms with Gasteiger partial charge in [-0.1, -0.05) is 32.1 Å². The Morgan fingerprint density at radius 2 is 1.26 bits per heavy atom. The van der Waals surface area contributed by atoms with E-state index in [1.807, 2.05) is 0 Å². The minimum Gasteiger partial charge on any atom is -0.393 e.